The highest BCUT2D eigenvalue weighted by Crippen LogP contribution is 2.36. The summed E-state index contributed by atoms with van der Waals surface area (Å²) in [4.78, 5) is 34.3. The Hall–Kier alpha value is -2.72. The van der Waals surface area contributed by atoms with E-state index in [0.29, 0.717) is 48.3 Å². The lowest BCUT2D eigenvalue weighted by Crippen LogP contribution is -2.45. The van der Waals surface area contributed by atoms with E-state index in [9.17, 15) is 27.9 Å². The number of halogens is 5. The van der Waals surface area contributed by atoms with Crippen molar-refractivity contribution >= 4 is 41.0 Å². The van der Waals surface area contributed by atoms with Crippen molar-refractivity contribution in [2.75, 3.05) is 37.6 Å². The van der Waals surface area contributed by atoms with Crippen LogP contribution in [0.25, 0.3) is 0 Å². The van der Waals surface area contributed by atoms with Crippen LogP contribution in [0.4, 0.5) is 23.8 Å². The Morgan fingerprint density at radius 3 is 2.35 bits per heavy atom. The van der Waals surface area contributed by atoms with Crippen molar-refractivity contribution in [2.24, 2.45) is 5.92 Å². The third kappa shape index (κ3) is 5.90. The molecule has 2 saturated heterocycles. The van der Waals surface area contributed by atoms with Crippen LogP contribution in [0, 0.1) is 5.92 Å². The molecule has 37 heavy (non-hydrogen) atoms. The third-order valence-corrected chi connectivity index (χ3v) is 7.94. The van der Waals surface area contributed by atoms with Gasteiger partial charge in [0.25, 0.3) is 0 Å². The average molecular weight is 559 g/mol. The van der Waals surface area contributed by atoms with E-state index in [-0.39, 0.29) is 30.8 Å². The Kier molecular flexibility index (Phi) is 8.08. The van der Waals surface area contributed by atoms with Crippen LogP contribution < -0.4 is 4.90 Å². The fourth-order valence-corrected chi connectivity index (χ4v) is 5.53. The van der Waals surface area contributed by atoms with Crippen molar-refractivity contribution < 1.29 is 27.9 Å². The van der Waals surface area contributed by atoms with Crippen molar-refractivity contribution in [3.8, 4) is 0 Å². The monoisotopic (exact) mass is 558 g/mol. The summed E-state index contributed by atoms with van der Waals surface area (Å²) in [5.74, 6) is -0.126. The summed E-state index contributed by atoms with van der Waals surface area (Å²) >= 11 is 12.3. The molecule has 2 amide bonds. The van der Waals surface area contributed by atoms with E-state index in [1.54, 1.807) is 24.0 Å². The van der Waals surface area contributed by atoms with E-state index in [0.717, 1.165) is 17.8 Å². The first-order valence-electron chi connectivity index (χ1n) is 12.0. The number of carbonyl (C=O) groups excluding carboxylic acids is 1. The Bertz CT molecular complexity index is 1140. The van der Waals surface area contributed by atoms with E-state index < -0.39 is 23.9 Å². The number of carboxylic acid groups (broad SMARTS) is 1. The number of carbonyl (C=O) groups is 2. The maximum atomic E-state index is 13.5. The number of rotatable bonds is 5. The molecule has 2 atom stereocenters. The van der Waals surface area contributed by atoms with Gasteiger partial charge in [-0.25, -0.2) is 9.78 Å². The summed E-state index contributed by atoms with van der Waals surface area (Å²) in [7, 11) is 0. The highest BCUT2D eigenvalue weighted by Gasteiger charge is 2.43. The van der Waals surface area contributed by atoms with Crippen molar-refractivity contribution in [1.82, 2.24) is 14.8 Å². The van der Waals surface area contributed by atoms with Crippen LogP contribution in [-0.2, 0) is 11.0 Å². The Morgan fingerprint density at radius 2 is 1.81 bits per heavy atom. The fraction of sp³-hybridized carbons (Fsp3) is 0.480. The van der Waals surface area contributed by atoms with Gasteiger partial charge >= 0.3 is 12.3 Å². The second-order valence-corrected chi connectivity index (χ2v) is 10.1. The third-order valence-electron chi connectivity index (χ3n) is 7.20. The standard InChI is InChI=1S/C25H27Cl2F3N4O3/c1-2-34(24(36)37)21-14-33(13-18(21)16-3-5-19(26)20(27)11-16)23(35)15-7-9-32(10-8-15)22-6-4-17(12-31-22)25(28,29)30/h3-6,11-12,15,18,21H,2,7-10,13-14H2,1H3,(H,36,37)/t18-,21+/m0/s1. The van der Waals surface area contributed by atoms with Crippen molar-refractivity contribution in [3.63, 3.8) is 0 Å². The van der Waals surface area contributed by atoms with Gasteiger partial charge in [0.05, 0.1) is 21.7 Å². The molecule has 3 heterocycles. The zero-order valence-electron chi connectivity index (χ0n) is 20.1. The van der Waals surface area contributed by atoms with Crippen molar-refractivity contribution in [3.05, 3.63) is 57.7 Å². The smallest absolute Gasteiger partial charge is 0.417 e. The van der Waals surface area contributed by atoms with Gasteiger partial charge in [-0.1, -0.05) is 29.3 Å². The Morgan fingerprint density at radius 1 is 1.11 bits per heavy atom. The predicted molar refractivity (Wildman–Crippen MR) is 134 cm³/mol. The number of amides is 2. The first kappa shape index (κ1) is 27.3. The molecule has 1 N–H and O–H groups in total. The van der Waals surface area contributed by atoms with Crippen LogP contribution in [0.5, 0.6) is 0 Å². The molecule has 4 rings (SSSR count). The van der Waals surface area contributed by atoms with E-state index in [1.807, 2.05) is 11.0 Å². The normalized spacial score (nSPS) is 20.8. The lowest BCUT2D eigenvalue weighted by Gasteiger charge is -2.34. The van der Waals surface area contributed by atoms with Gasteiger partial charge in [-0.15, -0.1) is 0 Å². The van der Waals surface area contributed by atoms with E-state index in [1.165, 1.54) is 11.0 Å². The number of nitrogens with zero attached hydrogens (tertiary/aromatic N) is 4. The molecule has 0 saturated carbocycles. The molecule has 1 aromatic heterocycles. The van der Waals surface area contributed by atoms with Crippen LogP contribution in [0.1, 0.15) is 36.8 Å². The second kappa shape index (κ2) is 10.9. The Balaban J connectivity index is 1.45. The summed E-state index contributed by atoms with van der Waals surface area (Å²) in [6.07, 6.45) is -3.62. The number of likely N-dealkylation sites (tertiary alicyclic amines) is 1. The van der Waals surface area contributed by atoms with Gasteiger partial charge in [0, 0.05) is 50.8 Å². The molecule has 0 aliphatic carbocycles. The number of benzene rings is 1. The predicted octanol–water partition coefficient (Wildman–Crippen LogP) is 5.62. The number of hydrogen-bond donors (Lipinski definition) is 1. The number of likely N-dealkylation sites (N-methyl/N-ethyl adjacent to an activating group) is 1. The molecule has 0 spiro atoms. The Labute approximate surface area is 222 Å². The van der Waals surface area contributed by atoms with E-state index in [4.69, 9.17) is 23.2 Å². The minimum atomic E-state index is -4.44. The first-order chi connectivity index (χ1) is 17.5. The van der Waals surface area contributed by atoms with E-state index >= 15 is 0 Å². The van der Waals surface area contributed by atoms with Gasteiger partial charge < -0.3 is 19.8 Å². The molecule has 2 aliphatic rings. The van der Waals surface area contributed by atoms with Crippen LogP contribution in [0.15, 0.2) is 36.5 Å². The van der Waals surface area contributed by atoms with Crippen LogP contribution in [0.2, 0.25) is 10.0 Å². The number of aromatic nitrogens is 1. The molecule has 0 unspecified atom stereocenters. The van der Waals surface area contributed by atoms with Gasteiger partial charge in [0.2, 0.25) is 5.91 Å². The second-order valence-electron chi connectivity index (χ2n) is 9.32. The van der Waals surface area contributed by atoms with Crippen LogP contribution >= 0.6 is 23.2 Å². The number of alkyl halides is 3. The SMILES string of the molecule is CCN(C(=O)O)[C@@H]1CN(C(=O)C2CCN(c3ccc(C(F)(F)F)cn3)CC2)C[C@H]1c1ccc(Cl)c(Cl)c1. The lowest BCUT2D eigenvalue weighted by molar-refractivity contribution is -0.138. The quantitative estimate of drug-likeness (QED) is 0.515. The molecule has 2 aromatic rings. The lowest BCUT2D eigenvalue weighted by atomic mass is 9.93. The minimum Gasteiger partial charge on any atom is -0.465 e. The summed E-state index contributed by atoms with van der Waals surface area (Å²) in [6.45, 7) is 3.63. The summed E-state index contributed by atoms with van der Waals surface area (Å²) in [5, 5.41) is 10.5. The molecule has 7 nitrogen and oxygen atoms in total. The zero-order valence-corrected chi connectivity index (χ0v) is 21.6. The van der Waals surface area contributed by atoms with Crippen molar-refractivity contribution in [1.29, 1.82) is 0 Å². The van der Waals surface area contributed by atoms with Gasteiger partial charge in [-0.05, 0) is 49.6 Å². The highest BCUT2D eigenvalue weighted by atomic mass is 35.5. The van der Waals surface area contributed by atoms with Gasteiger partial charge in [-0.3, -0.25) is 4.79 Å². The summed E-state index contributed by atoms with van der Waals surface area (Å²) in [6, 6.07) is 7.13. The number of hydrogen-bond acceptors (Lipinski definition) is 4. The van der Waals surface area contributed by atoms with Crippen molar-refractivity contribution in [2.45, 2.75) is 37.9 Å². The molecular weight excluding hydrogens is 532 g/mol. The maximum absolute atomic E-state index is 13.5. The largest absolute Gasteiger partial charge is 0.465 e. The average Bonchev–Trinajstić information content (AvgIpc) is 3.30. The minimum absolute atomic E-state index is 0.0472. The summed E-state index contributed by atoms with van der Waals surface area (Å²) in [5.41, 5.74) is 0.0153. The topological polar surface area (TPSA) is 77.0 Å². The molecular formula is C25H27Cl2F3N4O3. The number of piperidine rings is 1. The van der Waals surface area contributed by atoms with Gasteiger partial charge in [0.1, 0.15) is 5.82 Å². The maximum Gasteiger partial charge on any atom is 0.417 e. The highest BCUT2D eigenvalue weighted by molar-refractivity contribution is 6.42. The molecule has 1 aromatic carbocycles. The number of pyridine rings is 1. The fourth-order valence-electron chi connectivity index (χ4n) is 5.22. The van der Waals surface area contributed by atoms with Crippen LogP contribution in [0.3, 0.4) is 0 Å². The zero-order chi connectivity index (χ0) is 26.9. The molecule has 2 aliphatic heterocycles. The molecule has 2 fully saturated rings. The van der Waals surface area contributed by atoms with Gasteiger partial charge in [-0.2, -0.15) is 13.2 Å². The summed E-state index contributed by atoms with van der Waals surface area (Å²) < 4.78 is 38.5. The molecule has 12 heteroatoms. The van der Waals surface area contributed by atoms with E-state index in [2.05, 4.69) is 4.98 Å². The molecule has 0 bridgehead atoms. The number of anilines is 1. The van der Waals surface area contributed by atoms with Gasteiger partial charge in [0.15, 0.2) is 0 Å². The molecule has 200 valence electrons. The molecule has 0 radical (unpaired) electrons. The first-order valence-corrected chi connectivity index (χ1v) is 12.8. The van der Waals surface area contributed by atoms with Crippen LogP contribution in [-0.4, -0.2) is 70.7 Å².